The number of carbonyl (C=O) groups excluding carboxylic acids is 1. The normalized spacial score (nSPS) is 14.2. The summed E-state index contributed by atoms with van der Waals surface area (Å²) < 4.78 is 0. The van der Waals surface area contributed by atoms with Gasteiger partial charge in [0.15, 0.2) is 0 Å². The summed E-state index contributed by atoms with van der Waals surface area (Å²) in [4.78, 5) is 11.9. The molecule has 1 amide bonds. The Hall–Kier alpha value is -1.35. The first-order chi connectivity index (χ1) is 8.90. The monoisotopic (exact) mass is 262 g/mol. The van der Waals surface area contributed by atoms with E-state index in [2.05, 4.69) is 62.6 Å². The van der Waals surface area contributed by atoms with E-state index < -0.39 is 0 Å². The summed E-state index contributed by atoms with van der Waals surface area (Å²) in [5.74, 6) is 0.540. The van der Waals surface area contributed by atoms with Gasteiger partial charge in [0.25, 0.3) is 0 Å². The average Bonchev–Trinajstić information content (AvgIpc) is 2.36. The molecule has 0 aromatic heterocycles. The van der Waals surface area contributed by atoms with Crippen molar-refractivity contribution in [2.75, 3.05) is 6.54 Å². The third-order valence-electron chi connectivity index (χ3n) is 3.16. The molecule has 3 nitrogen and oxygen atoms in total. The Balaban J connectivity index is 2.49. The van der Waals surface area contributed by atoms with Gasteiger partial charge >= 0.3 is 0 Å². The number of hydrogen-bond donors (Lipinski definition) is 2. The molecule has 0 radical (unpaired) electrons. The van der Waals surface area contributed by atoms with E-state index in [1.54, 1.807) is 0 Å². The first kappa shape index (κ1) is 15.7. The van der Waals surface area contributed by atoms with E-state index in [1.807, 2.05) is 6.92 Å². The van der Waals surface area contributed by atoms with Gasteiger partial charge in [0.1, 0.15) is 0 Å². The van der Waals surface area contributed by atoms with E-state index in [1.165, 1.54) is 11.1 Å². The van der Waals surface area contributed by atoms with Crippen LogP contribution in [0.15, 0.2) is 24.3 Å². The molecule has 2 unspecified atom stereocenters. The Morgan fingerprint density at radius 1 is 1.11 bits per heavy atom. The van der Waals surface area contributed by atoms with Crippen LogP contribution in [0.25, 0.3) is 0 Å². The van der Waals surface area contributed by atoms with Gasteiger partial charge in [-0.1, -0.05) is 43.7 Å². The lowest BCUT2D eigenvalue weighted by Crippen LogP contribution is -2.44. The van der Waals surface area contributed by atoms with Crippen LogP contribution in [0, 0.1) is 12.8 Å². The van der Waals surface area contributed by atoms with Crippen molar-refractivity contribution in [2.45, 2.75) is 46.7 Å². The van der Waals surface area contributed by atoms with Crippen LogP contribution in [0.2, 0.25) is 0 Å². The van der Waals surface area contributed by atoms with Crippen LogP contribution in [0.3, 0.4) is 0 Å². The number of carbonyl (C=O) groups is 1. The SMILES string of the molecule is Cc1ccc(C(C)NC(C)C(=O)NCC(C)C)cc1. The molecule has 106 valence electrons. The molecule has 0 aliphatic heterocycles. The van der Waals surface area contributed by atoms with Crippen molar-refractivity contribution in [1.29, 1.82) is 0 Å². The van der Waals surface area contributed by atoms with Gasteiger partial charge in [-0.05, 0) is 32.3 Å². The zero-order valence-electron chi connectivity index (χ0n) is 12.7. The molecule has 0 heterocycles. The van der Waals surface area contributed by atoms with Crippen LogP contribution in [0.5, 0.6) is 0 Å². The Bertz CT molecular complexity index is 398. The number of nitrogens with one attached hydrogen (secondary N) is 2. The van der Waals surface area contributed by atoms with Gasteiger partial charge in [-0.15, -0.1) is 0 Å². The van der Waals surface area contributed by atoms with Gasteiger partial charge in [-0.25, -0.2) is 0 Å². The molecule has 0 bridgehead atoms. The molecule has 0 aliphatic carbocycles. The maximum Gasteiger partial charge on any atom is 0.236 e. The number of hydrogen-bond acceptors (Lipinski definition) is 2. The minimum Gasteiger partial charge on any atom is -0.354 e. The van der Waals surface area contributed by atoms with Crippen LogP contribution in [-0.4, -0.2) is 18.5 Å². The van der Waals surface area contributed by atoms with E-state index >= 15 is 0 Å². The summed E-state index contributed by atoms with van der Waals surface area (Å²) in [5, 5.41) is 6.27. The van der Waals surface area contributed by atoms with Gasteiger partial charge in [0.2, 0.25) is 5.91 Å². The maximum atomic E-state index is 11.9. The van der Waals surface area contributed by atoms with Gasteiger partial charge in [0.05, 0.1) is 6.04 Å². The lowest BCUT2D eigenvalue weighted by atomic mass is 10.1. The van der Waals surface area contributed by atoms with Crippen LogP contribution in [0.4, 0.5) is 0 Å². The highest BCUT2D eigenvalue weighted by Gasteiger charge is 2.15. The molecular formula is C16H26N2O. The topological polar surface area (TPSA) is 41.1 Å². The number of amides is 1. The van der Waals surface area contributed by atoms with Crippen LogP contribution in [0.1, 0.15) is 44.9 Å². The van der Waals surface area contributed by atoms with E-state index in [-0.39, 0.29) is 18.0 Å². The highest BCUT2D eigenvalue weighted by atomic mass is 16.2. The van der Waals surface area contributed by atoms with Crippen LogP contribution in [-0.2, 0) is 4.79 Å². The fourth-order valence-corrected chi connectivity index (χ4v) is 1.86. The van der Waals surface area contributed by atoms with Crippen LogP contribution < -0.4 is 10.6 Å². The molecule has 0 saturated heterocycles. The Kier molecular flexibility index (Phi) is 6.03. The first-order valence-corrected chi connectivity index (χ1v) is 7.00. The second kappa shape index (κ2) is 7.29. The standard InChI is InChI=1S/C16H26N2O/c1-11(2)10-17-16(19)14(5)18-13(4)15-8-6-12(3)7-9-15/h6-9,11,13-14,18H,10H2,1-5H3,(H,17,19). The minimum atomic E-state index is -0.185. The molecule has 0 fully saturated rings. The highest BCUT2D eigenvalue weighted by Crippen LogP contribution is 2.13. The van der Waals surface area contributed by atoms with Crippen molar-refractivity contribution in [1.82, 2.24) is 10.6 Å². The first-order valence-electron chi connectivity index (χ1n) is 7.00. The fourth-order valence-electron chi connectivity index (χ4n) is 1.86. The summed E-state index contributed by atoms with van der Waals surface area (Å²) in [5.41, 5.74) is 2.45. The quantitative estimate of drug-likeness (QED) is 0.827. The zero-order valence-corrected chi connectivity index (χ0v) is 12.7. The molecule has 2 atom stereocenters. The van der Waals surface area contributed by atoms with Gasteiger partial charge in [-0.2, -0.15) is 0 Å². The summed E-state index contributed by atoms with van der Waals surface area (Å²) >= 11 is 0. The summed E-state index contributed by atoms with van der Waals surface area (Å²) in [6.07, 6.45) is 0. The van der Waals surface area contributed by atoms with Gasteiger partial charge < -0.3 is 5.32 Å². The predicted octanol–water partition coefficient (Wildman–Crippen LogP) is 2.81. The molecule has 1 rings (SSSR count). The molecule has 3 heteroatoms. The Morgan fingerprint density at radius 3 is 2.21 bits per heavy atom. The van der Waals surface area contributed by atoms with Crippen molar-refractivity contribution >= 4 is 5.91 Å². The highest BCUT2D eigenvalue weighted by molar-refractivity contribution is 5.81. The van der Waals surface area contributed by atoms with Crippen molar-refractivity contribution < 1.29 is 4.79 Å². The number of rotatable bonds is 6. The summed E-state index contributed by atoms with van der Waals surface area (Å²) in [6, 6.07) is 8.38. The van der Waals surface area contributed by atoms with Crippen molar-refractivity contribution in [3.63, 3.8) is 0 Å². The third-order valence-corrected chi connectivity index (χ3v) is 3.16. The molecule has 1 aromatic rings. The number of benzene rings is 1. The van der Waals surface area contributed by atoms with Gasteiger partial charge in [-0.3, -0.25) is 10.1 Å². The Labute approximate surface area is 116 Å². The van der Waals surface area contributed by atoms with E-state index in [0.717, 1.165) is 6.54 Å². The van der Waals surface area contributed by atoms with E-state index in [9.17, 15) is 4.79 Å². The summed E-state index contributed by atoms with van der Waals surface area (Å²) in [7, 11) is 0. The lowest BCUT2D eigenvalue weighted by Gasteiger charge is -2.20. The molecule has 0 saturated carbocycles. The largest absolute Gasteiger partial charge is 0.354 e. The zero-order chi connectivity index (χ0) is 14.4. The maximum absolute atomic E-state index is 11.9. The van der Waals surface area contributed by atoms with Crippen molar-refractivity contribution in [2.24, 2.45) is 5.92 Å². The molecule has 2 N–H and O–H groups in total. The smallest absolute Gasteiger partial charge is 0.236 e. The second-order valence-corrected chi connectivity index (χ2v) is 5.66. The van der Waals surface area contributed by atoms with Crippen LogP contribution >= 0.6 is 0 Å². The average molecular weight is 262 g/mol. The second-order valence-electron chi connectivity index (χ2n) is 5.66. The van der Waals surface area contributed by atoms with Crippen molar-refractivity contribution in [3.05, 3.63) is 35.4 Å². The van der Waals surface area contributed by atoms with E-state index in [4.69, 9.17) is 0 Å². The molecule has 1 aromatic carbocycles. The summed E-state index contributed by atoms with van der Waals surface area (Å²) in [6.45, 7) is 11.0. The fraction of sp³-hybridized carbons (Fsp3) is 0.562. The Morgan fingerprint density at radius 2 is 1.68 bits per heavy atom. The van der Waals surface area contributed by atoms with E-state index in [0.29, 0.717) is 5.92 Å². The molecule has 0 aliphatic rings. The third kappa shape index (κ3) is 5.43. The molecule has 0 spiro atoms. The molecular weight excluding hydrogens is 236 g/mol. The predicted molar refractivity (Wildman–Crippen MR) is 80.0 cm³/mol. The minimum absolute atomic E-state index is 0.0626. The molecule has 19 heavy (non-hydrogen) atoms. The number of aryl methyl sites for hydroxylation is 1. The lowest BCUT2D eigenvalue weighted by molar-refractivity contribution is -0.123. The van der Waals surface area contributed by atoms with Crippen molar-refractivity contribution in [3.8, 4) is 0 Å². The van der Waals surface area contributed by atoms with Gasteiger partial charge in [0, 0.05) is 12.6 Å².